The first-order valence-corrected chi connectivity index (χ1v) is 5.28. The van der Waals surface area contributed by atoms with Crippen LogP contribution in [0.5, 0.6) is 0 Å². The molecule has 80 valence electrons. The molecule has 0 unspecified atom stereocenters. The highest BCUT2D eigenvalue weighted by Crippen LogP contribution is 2.25. The summed E-state index contributed by atoms with van der Waals surface area (Å²) in [5.74, 6) is -0.0102. The summed E-state index contributed by atoms with van der Waals surface area (Å²) < 4.78 is 0. The second kappa shape index (κ2) is 4.45. The van der Waals surface area contributed by atoms with Crippen LogP contribution >= 0.6 is 11.6 Å². The van der Waals surface area contributed by atoms with Crippen LogP contribution in [-0.4, -0.2) is 10.8 Å². The Morgan fingerprint density at radius 3 is 2.94 bits per heavy atom. The molecular formula is C13H10ClNO. The summed E-state index contributed by atoms with van der Waals surface area (Å²) >= 11 is 6.08. The van der Waals surface area contributed by atoms with Gasteiger partial charge in [-0.05, 0) is 31.2 Å². The maximum atomic E-state index is 10.9. The average Bonchev–Trinajstić information content (AvgIpc) is 2.27. The van der Waals surface area contributed by atoms with Gasteiger partial charge < -0.3 is 0 Å². The number of carbonyl (C=O) groups excluding carboxylic acids is 1. The zero-order chi connectivity index (χ0) is 11.5. The van der Waals surface area contributed by atoms with Gasteiger partial charge in [-0.25, -0.2) is 0 Å². The van der Waals surface area contributed by atoms with Crippen molar-refractivity contribution >= 4 is 34.4 Å². The van der Waals surface area contributed by atoms with Gasteiger partial charge in [-0.3, -0.25) is 9.78 Å². The van der Waals surface area contributed by atoms with Crippen LogP contribution in [0.1, 0.15) is 12.5 Å². The van der Waals surface area contributed by atoms with Crippen LogP contribution in [0.2, 0.25) is 5.02 Å². The zero-order valence-electron chi connectivity index (χ0n) is 8.77. The van der Waals surface area contributed by atoms with E-state index in [2.05, 4.69) is 4.98 Å². The van der Waals surface area contributed by atoms with Crippen molar-refractivity contribution in [3.8, 4) is 0 Å². The van der Waals surface area contributed by atoms with E-state index >= 15 is 0 Å². The van der Waals surface area contributed by atoms with Gasteiger partial charge >= 0.3 is 0 Å². The number of carbonyl (C=O) groups is 1. The van der Waals surface area contributed by atoms with Crippen molar-refractivity contribution in [1.82, 2.24) is 4.98 Å². The Bertz CT molecular complexity index is 575. The van der Waals surface area contributed by atoms with Gasteiger partial charge in [0.1, 0.15) is 0 Å². The van der Waals surface area contributed by atoms with Crippen molar-refractivity contribution < 1.29 is 4.79 Å². The monoisotopic (exact) mass is 231 g/mol. The van der Waals surface area contributed by atoms with Gasteiger partial charge in [0.25, 0.3) is 0 Å². The third-order valence-corrected chi connectivity index (χ3v) is 2.57. The molecule has 2 rings (SSSR count). The molecule has 0 saturated heterocycles. The third kappa shape index (κ3) is 2.12. The molecule has 0 N–H and O–H groups in total. The van der Waals surface area contributed by atoms with Crippen molar-refractivity contribution in [1.29, 1.82) is 0 Å². The van der Waals surface area contributed by atoms with E-state index in [4.69, 9.17) is 11.6 Å². The topological polar surface area (TPSA) is 30.0 Å². The molecule has 0 bridgehead atoms. The van der Waals surface area contributed by atoms with Gasteiger partial charge in [0, 0.05) is 17.1 Å². The summed E-state index contributed by atoms with van der Waals surface area (Å²) in [6.07, 6.45) is 4.92. The van der Waals surface area contributed by atoms with Crippen molar-refractivity contribution in [2.24, 2.45) is 0 Å². The summed E-state index contributed by atoms with van der Waals surface area (Å²) in [6.45, 7) is 1.50. The molecule has 0 saturated carbocycles. The quantitative estimate of drug-likeness (QED) is 0.741. The maximum absolute atomic E-state index is 10.9. The third-order valence-electron chi connectivity index (χ3n) is 2.25. The van der Waals surface area contributed by atoms with Crippen LogP contribution in [0.3, 0.4) is 0 Å². The van der Waals surface area contributed by atoms with E-state index in [0.29, 0.717) is 5.02 Å². The van der Waals surface area contributed by atoms with Crippen LogP contribution in [0, 0.1) is 0 Å². The molecular weight excluding hydrogens is 222 g/mol. The first kappa shape index (κ1) is 10.8. The molecule has 0 fully saturated rings. The molecule has 0 spiro atoms. The van der Waals surface area contributed by atoms with E-state index in [1.54, 1.807) is 12.3 Å². The van der Waals surface area contributed by atoms with E-state index in [1.807, 2.05) is 24.3 Å². The molecule has 0 amide bonds. The lowest BCUT2D eigenvalue weighted by atomic mass is 10.1. The molecule has 2 nitrogen and oxygen atoms in total. The van der Waals surface area contributed by atoms with Crippen LogP contribution in [0.15, 0.2) is 36.5 Å². The number of rotatable bonds is 2. The van der Waals surface area contributed by atoms with E-state index in [9.17, 15) is 4.79 Å². The highest BCUT2D eigenvalue weighted by molar-refractivity contribution is 6.33. The zero-order valence-corrected chi connectivity index (χ0v) is 9.53. The minimum Gasteiger partial charge on any atom is -0.295 e. The Morgan fingerprint density at radius 1 is 1.38 bits per heavy atom. The molecule has 0 aliphatic heterocycles. The lowest BCUT2D eigenvalue weighted by Crippen LogP contribution is -1.86. The van der Waals surface area contributed by atoms with Crippen LogP contribution in [0.25, 0.3) is 17.0 Å². The average molecular weight is 232 g/mol. The van der Waals surface area contributed by atoms with Gasteiger partial charge in [0.2, 0.25) is 0 Å². The fourth-order valence-corrected chi connectivity index (χ4v) is 1.72. The van der Waals surface area contributed by atoms with E-state index < -0.39 is 0 Å². The second-order valence-corrected chi connectivity index (χ2v) is 3.89. The first-order valence-electron chi connectivity index (χ1n) is 4.90. The molecule has 3 heteroatoms. The fraction of sp³-hybridized carbons (Fsp3) is 0.0769. The number of hydrogen-bond donors (Lipinski definition) is 0. The smallest absolute Gasteiger partial charge is 0.152 e. The Labute approximate surface area is 98.6 Å². The van der Waals surface area contributed by atoms with E-state index in [1.165, 1.54) is 13.0 Å². The summed E-state index contributed by atoms with van der Waals surface area (Å²) in [6, 6.07) is 7.56. The molecule has 1 aromatic carbocycles. The van der Waals surface area contributed by atoms with Crippen molar-refractivity contribution in [3.63, 3.8) is 0 Å². The SMILES string of the molecule is CC(=O)/C=C/c1c(Cl)ccc2cccnc12. The number of ketones is 1. The number of hydrogen-bond acceptors (Lipinski definition) is 2. The summed E-state index contributed by atoms with van der Waals surface area (Å²) in [4.78, 5) is 15.2. The van der Waals surface area contributed by atoms with Crippen LogP contribution < -0.4 is 0 Å². The largest absolute Gasteiger partial charge is 0.295 e. The highest BCUT2D eigenvalue weighted by atomic mass is 35.5. The van der Waals surface area contributed by atoms with Gasteiger partial charge in [-0.2, -0.15) is 0 Å². The summed E-state index contributed by atoms with van der Waals surface area (Å²) in [7, 11) is 0. The highest BCUT2D eigenvalue weighted by Gasteiger charge is 2.03. The predicted octanol–water partition coefficient (Wildman–Crippen LogP) is 3.49. The Balaban J connectivity index is 2.66. The van der Waals surface area contributed by atoms with Crippen LogP contribution in [0.4, 0.5) is 0 Å². The molecule has 0 atom stereocenters. The summed E-state index contributed by atoms with van der Waals surface area (Å²) in [5.41, 5.74) is 1.60. The number of fused-ring (bicyclic) bond motifs is 1. The molecule has 16 heavy (non-hydrogen) atoms. The van der Waals surface area contributed by atoms with Crippen molar-refractivity contribution in [2.75, 3.05) is 0 Å². The van der Waals surface area contributed by atoms with Gasteiger partial charge in [0.15, 0.2) is 5.78 Å². The van der Waals surface area contributed by atoms with Crippen LogP contribution in [-0.2, 0) is 4.79 Å². The summed E-state index contributed by atoms with van der Waals surface area (Å²) in [5, 5.41) is 1.61. The number of allylic oxidation sites excluding steroid dienone is 1. The minimum absolute atomic E-state index is 0.0102. The second-order valence-electron chi connectivity index (χ2n) is 3.48. The number of pyridine rings is 1. The lowest BCUT2D eigenvalue weighted by Gasteiger charge is -2.03. The van der Waals surface area contributed by atoms with E-state index in [0.717, 1.165) is 16.5 Å². The minimum atomic E-state index is -0.0102. The predicted molar refractivity (Wildman–Crippen MR) is 66.5 cm³/mol. The van der Waals surface area contributed by atoms with Crippen molar-refractivity contribution in [3.05, 3.63) is 47.1 Å². The molecule has 0 radical (unpaired) electrons. The van der Waals surface area contributed by atoms with Gasteiger partial charge in [-0.1, -0.05) is 23.7 Å². The van der Waals surface area contributed by atoms with E-state index in [-0.39, 0.29) is 5.78 Å². The molecule has 2 aromatic rings. The molecule has 0 aliphatic rings. The Kier molecular flexibility index (Phi) is 3.02. The molecule has 1 heterocycles. The fourth-order valence-electron chi connectivity index (χ4n) is 1.50. The molecule has 0 aliphatic carbocycles. The molecule has 1 aromatic heterocycles. The number of halogens is 1. The number of benzene rings is 1. The Morgan fingerprint density at radius 2 is 2.19 bits per heavy atom. The lowest BCUT2D eigenvalue weighted by molar-refractivity contribution is -0.112. The normalized spacial score (nSPS) is 11.1. The standard InChI is InChI=1S/C13H10ClNO/c1-9(16)4-6-11-12(14)7-5-10-3-2-8-15-13(10)11/h2-8H,1H3/b6-4+. The van der Waals surface area contributed by atoms with Crippen molar-refractivity contribution in [2.45, 2.75) is 6.92 Å². The van der Waals surface area contributed by atoms with Gasteiger partial charge in [-0.15, -0.1) is 0 Å². The number of aromatic nitrogens is 1. The first-order chi connectivity index (χ1) is 7.68. The Hall–Kier alpha value is -1.67. The maximum Gasteiger partial charge on any atom is 0.152 e. The number of nitrogens with zero attached hydrogens (tertiary/aromatic N) is 1. The van der Waals surface area contributed by atoms with Gasteiger partial charge in [0.05, 0.1) is 10.5 Å².